The molecule has 0 radical (unpaired) electrons. The number of nitrogens with zero attached hydrogens (tertiary/aromatic N) is 1. The molecule has 0 bridgehead atoms. The van der Waals surface area contributed by atoms with Crippen LogP contribution in [0.25, 0.3) is 0 Å². The van der Waals surface area contributed by atoms with E-state index in [0.717, 1.165) is 0 Å². The van der Waals surface area contributed by atoms with Crippen LogP contribution in [0.4, 0.5) is 0 Å². The number of hydroxylamine groups is 2. The second-order valence-corrected chi connectivity index (χ2v) is 2.59. The van der Waals surface area contributed by atoms with Gasteiger partial charge in [-0.25, -0.2) is 0 Å². The van der Waals surface area contributed by atoms with Gasteiger partial charge in [-0.2, -0.15) is 4.42 Å². The molecule has 0 aliphatic carbocycles. The van der Waals surface area contributed by atoms with Gasteiger partial charge < -0.3 is 22.7 Å². The maximum atomic E-state index is 10.8. The molecule has 1 heterocycles. The normalized spacial score (nSPS) is 33.4. The lowest BCUT2D eigenvalue weighted by atomic mass is 10.3. The van der Waals surface area contributed by atoms with Gasteiger partial charge in [-0.15, -0.1) is 0 Å². The summed E-state index contributed by atoms with van der Waals surface area (Å²) in [6.07, 6.45) is 1.64. The van der Waals surface area contributed by atoms with Crippen molar-refractivity contribution in [1.29, 1.82) is 0 Å². The van der Waals surface area contributed by atoms with Gasteiger partial charge in [-0.3, -0.25) is 0 Å². The summed E-state index contributed by atoms with van der Waals surface area (Å²) in [5.41, 5.74) is 0. The van der Waals surface area contributed by atoms with Gasteiger partial charge in [0.2, 0.25) is 0 Å². The number of hydrogen-bond donors (Lipinski definition) is 1. The highest BCUT2D eigenvalue weighted by Crippen LogP contribution is 1.98. The molecule has 1 rings (SSSR count). The Bertz CT molecular complexity index is 122. The van der Waals surface area contributed by atoms with Crippen LogP contribution >= 0.6 is 11.8 Å². The molecule has 2 atom stereocenters. The summed E-state index contributed by atoms with van der Waals surface area (Å²) in [5, 5.41) is 11.0. The van der Waals surface area contributed by atoms with Crippen LogP contribution < -0.4 is 17.5 Å². The molecule has 1 aliphatic rings. The lowest BCUT2D eigenvalue weighted by molar-refractivity contribution is -0.856. The summed E-state index contributed by atoms with van der Waals surface area (Å²) >= 11 is 5.55. The molecule has 0 amide bonds. The highest BCUT2D eigenvalue weighted by molar-refractivity contribution is 6.13. The molecule has 1 aliphatic heterocycles. The van der Waals surface area contributed by atoms with E-state index in [0.29, 0.717) is 13.2 Å². The van der Waals surface area contributed by atoms with Crippen LogP contribution in [0, 0.1) is 5.21 Å². The fourth-order valence-electron chi connectivity index (χ4n) is 0.872. The van der Waals surface area contributed by atoms with Gasteiger partial charge in [0.05, 0.1) is 6.54 Å². The fraction of sp³-hybridized carbons (Fsp3) is 0.600. The smallest absolute Gasteiger partial charge is 0.147 e. The van der Waals surface area contributed by atoms with E-state index < -0.39 is 0 Å². The molecule has 1 fully saturated rings. The van der Waals surface area contributed by atoms with Gasteiger partial charge >= 0.3 is 0 Å². The number of quaternary nitrogens is 1. The van der Waals surface area contributed by atoms with E-state index in [1.165, 1.54) is 4.42 Å². The molecule has 0 aromatic heterocycles. The van der Waals surface area contributed by atoms with Crippen molar-refractivity contribution in [2.24, 2.45) is 0 Å². The second kappa shape index (κ2) is 4.16. The first-order chi connectivity index (χ1) is 4.24. The van der Waals surface area contributed by atoms with E-state index in [2.05, 4.69) is 6.58 Å². The minimum atomic E-state index is -0.0394. The first-order valence-corrected chi connectivity index (χ1v) is 3.14. The number of nitrogens with one attached hydrogen (secondary N) is 1. The van der Waals surface area contributed by atoms with Crippen LogP contribution in [-0.2, 0) is 0 Å². The highest BCUT2D eigenvalue weighted by atomic mass is 35.5. The van der Waals surface area contributed by atoms with E-state index in [-0.39, 0.29) is 23.5 Å². The summed E-state index contributed by atoms with van der Waals surface area (Å²) < 4.78 is 1.48. The van der Waals surface area contributed by atoms with Gasteiger partial charge in [-0.05, 0) is 17.9 Å². The molecule has 10 heavy (non-hydrogen) atoms. The lowest BCUT2D eigenvalue weighted by Gasteiger charge is -2.19. The molecule has 3 nitrogen and oxygen atoms in total. The van der Waals surface area contributed by atoms with Crippen molar-refractivity contribution in [3.05, 3.63) is 17.9 Å². The van der Waals surface area contributed by atoms with E-state index in [1.54, 1.807) is 6.08 Å². The second-order valence-electron chi connectivity index (χ2n) is 2.11. The molecule has 1 N–H and O–H groups in total. The molecule has 0 spiro atoms. The van der Waals surface area contributed by atoms with Crippen molar-refractivity contribution in [2.45, 2.75) is 6.04 Å². The predicted molar refractivity (Wildman–Crippen MR) is 35.7 cm³/mol. The van der Waals surface area contributed by atoms with Crippen molar-refractivity contribution in [1.82, 2.24) is 4.42 Å². The molecule has 60 valence electrons. The van der Waals surface area contributed by atoms with Crippen molar-refractivity contribution >= 4 is 11.8 Å². The zero-order chi connectivity index (χ0) is 6.85. The third kappa shape index (κ3) is 2.11. The van der Waals surface area contributed by atoms with Crippen LogP contribution in [0.2, 0.25) is 0 Å². The Balaban J connectivity index is 0.000000810. The molecule has 0 aromatic carbocycles. The number of hydrogen-bond acceptors (Lipinski definition) is 2. The Kier molecular flexibility index (Phi) is 4.24. The average molecular weight is 184 g/mol. The quantitative estimate of drug-likeness (QED) is 0.259. The van der Waals surface area contributed by atoms with Crippen LogP contribution in [0.1, 0.15) is 0 Å². The summed E-state index contributed by atoms with van der Waals surface area (Å²) in [5.74, 6) is 0. The minimum absolute atomic E-state index is 0. The Labute approximate surface area is 71.3 Å². The van der Waals surface area contributed by atoms with Crippen molar-refractivity contribution < 1.29 is 17.5 Å². The van der Waals surface area contributed by atoms with Crippen LogP contribution in [-0.4, -0.2) is 23.7 Å². The van der Waals surface area contributed by atoms with E-state index in [4.69, 9.17) is 11.8 Å². The summed E-state index contributed by atoms with van der Waals surface area (Å²) in [6.45, 7) is 4.50. The Morgan fingerprint density at radius 3 is 2.60 bits per heavy atom. The topological polar surface area (TPSA) is 30.7 Å². The standard InChI is InChI=1S/C5H9ClN2O.ClH/c1-2-5-3-7(6)4-8(5)9;/h2,5,8H,1,3-4H2;1H/p-1. The minimum Gasteiger partial charge on any atom is -1.00 e. The molecule has 1 saturated heterocycles. The largest absolute Gasteiger partial charge is 1.00 e. The highest BCUT2D eigenvalue weighted by Gasteiger charge is 2.24. The van der Waals surface area contributed by atoms with E-state index in [9.17, 15) is 5.21 Å². The lowest BCUT2D eigenvalue weighted by Crippen LogP contribution is -3.09. The van der Waals surface area contributed by atoms with Crippen molar-refractivity contribution in [3.63, 3.8) is 0 Å². The maximum absolute atomic E-state index is 10.8. The molecular weight excluding hydrogens is 175 g/mol. The van der Waals surface area contributed by atoms with E-state index in [1.807, 2.05) is 0 Å². The van der Waals surface area contributed by atoms with Crippen LogP contribution in [0.15, 0.2) is 12.7 Å². The monoisotopic (exact) mass is 183 g/mol. The Morgan fingerprint density at radius 1 is 1.80 bits per heavy atom. The first kappa shape index (κ1) is 10.2. The first-order valence-electron chi connectivity index (χ1n) is 2.80. The molecule has 5 heteroatoms. The van der Waals surface area contributed by atoms with Gasteiger partial charge in [0, 0.05) is 0 Å². The SMILES string of the molecule is C=CC1CN(Cl)C[NH+]1[O-].[Cl-]. The molecule has 2 unspecified atom stereocenters. The predicted octanol–water partition coefficient (Wildman–Crippen LogP) is -3.65. The van der Waals surface area contributed by atoms with Crippen LogP contribution in [0.5, 0.6) is 0 Å². The zero-order valence-corrected chi connectivity index (χ0v) is 6.90. The van der Waals surface area contributed by atoms with Crippen molar-refractivity contribution in [3.8, 4) is 0 Å². The van der Waals surface area contributed by atoms with Gasteiger partial charge in [-0.1, -0.05) is 6.58 Å². The zero-order valence-electron chi connectivity index (χ0n) is 5.39. The Hall–Kier alpha value is 0.200. The number of halogens is 2. The summed E-state index contributed by atoms with van der Waals surface area (Å²) in [7, 11) is 0. The summed E-state index contributed by atoms with van der Waals surface area (Å²) in [6, 6.07) is -0.0394. The fourth-order valence-corrected chi connectivity index (χ4v) is 1.14. The maximum Gasteiger partial charge on any atom is 0.147 e. The number of rotatable bonds is 1. The molecule has 0 aromatic rings. The van der Waals surface area contributed by atoms with Crippen LogP contribution in [0.3, 0.4) is 0 Å². The third-order valence-corrected chi connectivity index (χ3v) is 1.68. The molecule has 0 saturated carbocycles. The Morgan fingerprint density at radius 2 is 2.40 bits per heavy atom. The third-order valence-electron chi connectivity index (χ3n) is 1.42. The molecular formula is C5H9Cl2N2O-. The van der Waals surface area contributed by atoms with Gasteiger partial charge in [0.25, 0.3) is 0 Å². The van der Waals surface area contributed by atoms with Gasteiger partial charge in [0.15, 0.2) is 0 Å². The van der Waals surface area contributed by atoms with Crippen molar-refractivity contribution in [2.75, 3.05) is 13.2 Å². The average Bonchev–Trinajstić information content (AvgIpc) is 2.10. The summed E-state index contributed by atoms with van der Waals surface area (Å²) in [4.78, 5) is 0. The van der Waals surface area contributed by atoms with Gasteiger partial charge in [0.1, 0.15) is 12.7 Å². The van der Waals surface area contributed by atoms with E-state index >= 15 is 0 Å².